The predicted octanol–water partition coefficient (Wildman–Crippen LogP) is 7.81. The minimum Gasteiger partial charge on any atom is -0.481 e. The summed E-state index contributed by atoms with van der Waals surface area (Å²) in [4.78, 5) is 190. The average Bonchev–Trinajstić information content (AvgIpc) is 1.61. The molecule has 5 N–H and O–H groups in total. The molecule has 12 rings (SSSR count). The molecule has 5 unspecified atom stereocenters. The highest BCUT2D eigenvalue weighted by molar-refractivity contribution is 9.10. The number of nitrogens with one attached hydrogen (secondary N) is 4. The number of aromatic nitrogens is 8. The van der Waals surface area contributed by atoms with E-state index in [1.807, 2.05) is 98.7 Å². The molecule has 32 nitrogen and oxygen atoms in total. The first-order valence-corrected chi connectivity index (χ1v) is 37.7. The van der Waals surface area contributed by atoms with Crippen LogP contribution in [0.3, 0.4) is 0 Å². The number of benzene rings is 4. The van der Waals surface area contributed by atoms with Crippen LogP contribution in [0.5, 0.6) is 0 Å². The van der Waals surface area contributed by atoms with Crippen molar-refractivity contribution in [2.45, 2.75) is 206 Å². The van der Waals surface area contributed by atoms with Crippen LogP contribution in [-0.4, -0.2) is 130 Å². The molecule has 4 aromatic heterocycles. The first kappa shape index (κ1) is 90.0. The van der Waals surface area contributed by atoms with Crippen LogP contribution in [0.25, 0.3) is 50.2 Å². The fourth-order valence-corrected chi connectivity index (χ4v) is 14.4. The van der Waals surface area contributed by atoms with Gasteiger partial charge in [0.2, 0.25) is 47.3 Å². The lowest BCUT2D eigenvalue weighted by Crippen LogP contribution is -2.44. The molecule has 4 saturated heterocycles. The second-order valence-electron chi connectivity index (χ2n) is 30.6. The average molecular weight is 1660 g/mol. The molecule has 8 aromatic rings. The summed E-state index contributed by atoms with van der Waals surface area (Å²) in [6, 6.07) is 19.0. The largest absolute Gasteiger partial charge is 0.481 e. The number of aliphatic carboxylic acids is 1. The Kier molecular flexibility index (Phi) is 30.1. The molecule has 114 heavy (non-hydrogen) atoms. The molecule has 5 atom stereocenters. The number of fused-ring (bicyclic) bond motifs is 4. The number of carboxylic acid groups (broad SMARTS) is 1. The van der Waals surface area contributed by atoms with Crippen LogP contribution in [0.15, 0.2) is 115 Å². The van der Waals surface area contributed by atoms with Crippen molar-refractivity contribution >= 4 is 147 Å². The Morgan fingerprint density at radius 3 is 1.11 bits per heavy atom. The van der Waals surface area contributed by atoms with Crippen LogP contribution in [-0.2, 0) is 113 Å². The standard InChI is InChI=1S/C21H27N3O5.C21H25N3O5.C17H19N3O5.C13H12BrN3O3.C8H14O2.H3P/c2*1-21(2,3)29-17(26)10-6-8-13-7-5-9-14-18(13)23(4)20(28)24(14)15-11-12-16(25)22-19(15)27;1-19-15-10(5-3-7-14(22)23)4-2-6-11(15)20(17(19)25)12-8-9-13(21)18-16(12)24;1-16-11-7(14)3-2-4-8(11)17(13(16)20)9-5-6-10(18)15-12(9)19;1-5-6-7(9)10-8(2,3)4;/h5,7,9,15H,6,8,10-12H2,1-4H3,(H,22,25,27);5-9,15H,10-12H2,1-4H3,(H,22,25,27);2,4,6,12H,3,5,7-9H2,1H3,(H,22,23)(H,18,21,24);2-4,9H,5-6H2,1H3,(H,15,18,19);5H,1,6H2,2-4H3;1H3/b;8-6+;;;;. The van der Waals surface area contributed by atoms with Gasteiger partial charge in [0.25, 0.3) is 0 Å². The normalized spacial score (nSPS) is 17.2. The van der Waals surface area contributed by atoms with Gasteiger partial charge in [-0.3, -0.25) is 115 Å². The van der Waals surface area contributed by atoms with Crippen molar-refractivity contribution < 1.29 is 76.9 Å². The number of esters is 3. The third-order valence-corrected chi connectivity index (χ3v) is 19.1. The molecule has 4 aromatic carbocycles. The minimum atomic E-state index is -0.859. The summed E-state index contributed by atoms with van der Waals surface area (Å²) in [5, 5.41) is 18.0. The summed E-state index contributed by atoms with van der Waals surface area (Å²) in [7, 11) is 6.61. The first-order valence-electron chi connectivity index (χ1n) is 36.9. The lowest BCUT2D eigenvalue weighted by molar-refractivity contribution is -0.155. The maximum Gasteiger partial charge on any atom is 0.329 e. The Labute approximate surface area is 667 Å². The van der Waals surface area contributed by atoms with Gasteiger partial charge in [-0.25, -0.2) is 19.2 Å². The molecule has 34 heteroatoms. The number of halogens is 1. The van der Waals surface area contributed by atoms with E-state index < -0.39 is 65.0 Å². The maximum absolute atomic E-state index is 12.9. The SMILES string of the molecule is C=CCC(=O)OC(C)(C)C.Cn1c(=O)n(C2CCC(=O)NC2=O)c2cccc(/C=C/CC(=O)OC(C)(C)C)c21.Cn1c(=O)n(C2CCC(=O)NC2=O)c2cccc(Br)c21.Cn1c(=O)n(C2CCC(=O)NC2=O)c2cccc(CCCC(=O)O)c21.Cn1c(=O)n(C2CCC(=O)NC2=O)c2cccc(CCCC(=O)OC(C)(C)C)c21.P. The van der Waals surface area contributed by atoms with Crippen molar-refractivity contribution in [3.8, 4) is 0 Å². The minimum absolute atomic E-state index is 0. The predicted molar refractivity (Wildman–Crippen MR) is 433 cm³/mol. The quantitative estimate of drug-likeness (QED) is 0.0191. The number of hydrogen-bond donors (Lipinski definition) is 5. The number of imidazole rings is 4. The molecule has 4 aliphatic rings. The van der Waals surface area contributed by atoms with Gasteiger partial charge in [-0.2, -0.15) is 9.90 Å². The summed E-state index contributed by atoms with van der Waals surface area (Å²) in [5.41, 5.74) is 5.28. The Balaban J connectivity index is 0.000000203. The number of carboxylic acids is 1. The lowest BCUT2D eigenvalue weighted by atomic mass is 10.0. The van der Waals surface area contributed by atoms with E-state index in [0.29, 0.717) is 71.6 Å². The van der Waals surface area contributed by atoms with Crippen LogP contribution < -0.4 is 44.0 Å². The van der Waals surface area contributed by atoms with E-state index in [4.69, 9.17) is 19.3 Å². The number of amides is 8. The first-order chi connectivity index (χ1) is 53.0. The summed E-state index contributed by atoms with van der Waals surface area (Å²) in [6.07, 6.45) is 9.94. The number of piperidine rings is 4. The van der Waals surface area contributed by atoms with E-state index in [1.165, 1.54) is 42.6 Å². The Bertz CT molecular complexity index is 5390. The van der Waals surface area contributed by atoms with Crippen LogP contribution in [0.2, 0.25) is 0 Å². The number of aryl methyl sites for hydroxylation is 6. The molecular weight excluding hydrogens is 1560 g/mol. The van der Waals surface area contributed by atoms with Crippen molar-refractivity contribution in [2.24, 2.45) is 28.2 Å². The van der Waals surface area contributed by atoms with Crippen molar-refractivity contribution in [2.75, 3.05) is 0 Å². The molecular formula is C80H100BrN12O20P. The number of hydrogen-bond acceptors (Lipinski definition) is 19. The summed E-state index contributed by atoms with van der Waals surface area (Å²) in [5.74, 6) is -4.75. The molecule has 0 aliphatic carbocycles. The molecule has 8 heterocycles. The maximum atomic E-state index is 12.9. The van der Waals surface area contributed by atoms with Crippen molar-refractivity contribution in [3.63, 3.8) is 0 Å². The van der Waals surface area contributed by atoms with Gasteiger partial charge in [0, 0.05) is 76.8 Å². The molecule has 0 radical (unpaired) electrons. The summed E-state index contributed by atoms with van der Waals surface area (Å²) >= 11 is 3.42. The fourth-order valence-electron chi connectivity index (χ4n) is 13.8. The second-order valence-corrected chi connectivity index (χ2v) is 31.4. The van der Waals surface area contributed by atoms with E-state index in [0.717, 1.165) is 32.2 Å². The number of nitrogens with zero attached hydrogens (tertiary/aromatic N) is 8. The molecule has 0 bridgehead atoms. The summed E-state index contributed by atoms with van der Waals surface area (Å²) in [6.45, 7) is 19.9. The third-order valence-electron chi connectivity index (χ3n) is 18.5. The van der Waals surface area contributed by atoms with E-state index >= 15 is 0 Å². The van der Waals surface area contributed by atoms with Crippen LogP contribution in [0.1, 0.15) is 193 Å². The van der Waals surface area contributed by atoms with Gasteiger partial charge in [0.15, 0.2) is 0 Å². The van der Waals surface area contributed by atoms with Gasteiger partial charge in [-0.05, 0) is 171 Å². The Morgan fingerprint density at radius 1 is 0.447 bits per heavy atom. The van der Waals surface area contributed by atoms with Crippen LogP contribution in [0.4, 0.5) is 0 Å². The van der Waals surface area contributed by atoms with Gasteiger partial charge in [-0.1, -0.05) is 60.7 Å². The van der Waals surface area contributed by atoms with Crippen molar-refractivity contribution in [1.29, 1.82) is 0 Å². The third kappa shape index (κ3) is 22.2. The van der Waals surface area contributed by atoms with Crippen molar-refractivity contribution in [1.82, 2.24) is 57.8 Å². The van der Waals surface area contributed by atoms with E-state index in [1.54, 1.807) is 76.7 Å². The summed E-state index contributed by atoms with van der Waals surface area (Å²) < 4.78 is 28.2. The molecule has 8 amide bonds. The smallest absolute Gasteiger partial charge is 0.329 e. The van der Waals surface area contributed by atoms with Gasteiger partial charge in [0.1, 0.15) is 41.0 Å². The van der Waals surface area contributed by atoms with Gasteiger partial charge < -0.3 is 19.3 Å². The second kappa shape index (κ2) is 38.1. The van der Waals surface area contributed by atoms with Gasteiger partial charge in [-0.15, -0.1) is 6.58 Å². The molecule has 612 valence electrons. The zero-order valence-corrected chi connectivity index (χ0v) is 69.4. The zero-order valence-electron chi connectivity index (χ0n) is 66.4. The number of carbonyl (C=O) groups is 12. The number of rotatable bonds is 17. The highest BCUT2D eigenvalue weighted by atomic mass is 79.9. The van der Waals surface area contributed by atoms with E-state index in [-0.39, 0.29) is 144 Å². The number of ether oxygens (including phenoxy) is 3. The highest BCUT2D eigenvalue weighted by Gasteiger charge is 2.36. The number of carbonyl (C=O) groups excluding carboxylic acids is 11. The highest BCUT2D eigenvalue weighted by Crippen LogP contribution is 2.32. The zero-order chi connectivity index (χ0) is 83.5. The van der Waals surface area contributed by atoms with Crippen molar-refractivity contribution in [3.05, 3.63) is 155 Å². The number of para-hydroxylation sites is 4. The van der Waals surface area contributed by atoms with Gasteiger partial charge >= 0.3 is 46.6 Å². The molecule has 0 spiro atoms. The van der Waals surface area contributed by atoms with Crippen LogP contribution in [0, 0.1) is 0 Å². The van der Waals surface area contributed by atoms with Gasteiger partial charge in [0.05, 0.1) is 57.0 Å². The molecule has 0 saturated carbocycles. The van der Waals surface area contributed by atoms with E-state index in [2.05, 4.69) is 43.8 Å². The molecule has 4 aliphatic heterocycles. The van der Waals surface area contributed by atoms with E-state index in [9.17, 15) is 76.7 Å². The fraction of sp³-hybridized carbons (Fsp3) is 0.450. The lowest BCUT2D eigenvalue weighted by Gasteiger charge is -2.22. The monoisotopic (exact) mass is 1660 g/mol. The molecule has 4 fully saturated rings. The van der Waals surface area contributed by atoms with Crippen LogP contribution >= 0.6 is 25.8 Å². The Hall–Kier alpha value is -11.2. The Morgan fingerprint density at radius 2 is 0.754 bits per heavy atom. The number of imide groups is 4. The topological polar surface area (TPSA) is 409 Å².